The molecule has 0 spiro atoms. The highest BCUT2D eigenvalue weighted by Crippen LogP contribution is 2.36. The van der Waals surface area contributed by atoms with Gasteiger partial charge in [-0.2, -0.15) is 0 Å². The number of hydrogen-bond donors (Lipinski definition) is 1. The van der Waals surface area contributed by atoms with Gasteiger partial charge in [0.2, 0.25) is 0 Å². The van der Waals surface area contributed by atoms with E-state index in [0.29, 0.717) is 6.04 Å². The van der Waals surface area contributed by atoms with Crippen LogP contribution in [0.4, 0.5) is 5.69 Å². The maximum atomic E-state index is 9.04. The molecule has 0 amide bonds. The Hall–Kier alpha value is -0.730. The maximum Gasteiger partial charge on any atom is 0.0682 e. The van der Waals surface area contributed by atoms with Crippen molar-refractivity contribution in [3.63, 3.8) is 0 Å². The first-order valence-corrected chi connectivity index (χ1v) is 6.30. The molecule has 3 heteroatoms. The van der Waals surface area contributed by atoms with Crippen LogP contribution in [-0.2, 0) is 6.61 Å². The molecular formula is C13H18ClNO. The Bertz CT molecular complexity index is 363. The van der Waals surface area contributed by atoms with Gasteiger partial charge in [-0.15, -0.1) is 0 Å². The van der Waals surface area contributed by atoms with Crippen LogP contribution >= 0.6 is 11.6 Å². The molecule has 0 bridgehead atoms. The minimum atomic E-state index is 0.0528. The highest BCUT2D eigenvalue weighted by Gasteiger charge is 2.29. The molecule has 1 aromatic rings. The van der Waals surface area contributed by atoms with Crippen molar-refractivity contribution in [1.82, 2.24) is 0 Å². The molecule has 88 valence electrons. The fourth-order valence-electron chi connectivity index (χ4n) is 2.01. The molecule has 1 aliphatic carbocycles. The second-order valence-corrected chi connectivity index (χ2v) is 4.78. The highest BCUT2D eigenvalue weighted by molar-refractivity contribution is 6.33. The molecule has 0 heterocycles. The van der Waals surface area contributed by atoms with E-state index in [4.69, 9.17) is 16.7 Å². The first-order valence-electron chi connectivity index (χ1n) is 5.92. The van der Waals surface area contributed by atoms with Crippen LogP contribution in [0.1, 0.15) is 31.7 Å². The zero-order valence-electron chi connectivity index (χ0n) is 9.62. The normalized spacial score (nSPS) is 15.2. The van der Waals surface area contributed by atoms with Crippen molar-refractivity contribution in [2.45, 2.75) is 38.8 Å². The molecule has 1 aromatic carbocycles. The van der Waals surface area contributed by atoms with Crippen LogP contribution in [0, 0.1) is 0 Å². The molecule has 1 fully saturated rings. The topological polar surface area (TPSA) is 23.5 Å². The van der Waals surface area contributed by atoms with Crippen molar-refractivity contribution in [2.24, 2.45) is 0 Å². The molecule has 1 N–H and O–H groups in total. The summed E-state index contributed by atoms with van der Waals surface area (Å²) in [5.74, 6) is 0. The van der Waals surface area contributed by atoms with Gasteiger partial charge in [0.1, 0.15) is 0 Å². The number of anilines is 1. The standard InChI is InChI=1S/C13H18ClNO/c1-2-7-15(11-4-5-11)13-6-3-10(9-16)8-12(13)14/h3,6,8,11,16H,2,4-5,7,9H2,1H3. The number of hydrogen-bond acceptors (Lipinski definition) is 2. The molecule has 2 rings (SSSR count). The van der Waals surface area contributed by atoms with Gasteiger partial charge >= 0.3 is 0 Å². The Labute approximate surface area is 102 Å². The average molecular weight is 240 g/mol. The Morgan fingerprint density at radius 3 is 2.69 bits per heavy atom. The van der Waals surface area contributed by atoms with Crippen molar-refractivity contribution in [3.05, 3.63) is 28.8 Å². The van der Waals surface area contributed by atoms with Crippen LogP contribution in [0.3, 0.4) is 0 Å². The van der Waals surface area contributed by atoms with Gasteiger partial charge in [-0.25, -0.2) is 0 Å². The Morgan fingerprint density at radius 2 is 2.19 bits per heavy atom. The molecule has 1 aliphatic rings. The van der Waals surface area contributed by atoms with Crippen LogP contribution in [0.5, 0.6) is 0 Å². The number of benzene rings is 1. The van der Waals surface area contributed by atoms with E-state index in [2.05, 4.69) is 11.8 Å². The van der Waals surface area contributed by atoms with E-state index >= 15 is 0 Å². The van der Waals surface area contributed by atoms with E-state index in [1.54, 1.807) is 0 Å². The van der Waals surface area contributed by atoms with Crippen LogP contribution in [0.25, 0.3) is 0 Å². The molecule has 16 heavy (non-hydrogen) atoms. The third-order valence-electron chi connectivity index (χ3n) is 2.96. The van der Waals surface area contributed by atoms with Gasteiger partial charge in [-0.3, -0.25) is 0 Å². The second kappa shape index (κ2) is 5.07. The molecule has 0 aliphatic heterocycles. The van der Waals surface area contributed by atoms with E-state index in [0.717, 1.165) is 29.2 Å². The highest BCUT2D eigenvalue weighted by atomic mass is 35.5. The monoisotopic (exact) mass is 239 g/mol. The summed E-state index contributed by atoms with van der Waals surface area (Å²) >= 11 is 6.26. The van der Waals surface area contributed by atoms with Gasteiger partial charge in [0.15, 0.2) is 0 Å². The third-order valence-corrected chi connectivity index (χ3v) is 3.26. The third kappa shape index (κ3) is 2.50. The maximum absolute atomic E-state index is 9.04. The summed E-state index contributed by atoms with van der Waals surface area (Å²) < 4.78 is 0. The van der Waals surface area contributed by atoms with Gasteiger partial charge in [-0.1, -0.05) is 24.6 Å². The molecule has 0 atom stereocenters. The first-order chi connectivity index (χ1) is 7.76. The van der Waals surface area contributed by atoms with Crippen molar-refractivity contribution in [1.29, 1.82) is 0 Å². The van der Waals surface area contributed by atoms with Crippen LogP contribution in [-0.4, -0.2) is 17.7 Å². The molecule has 0 unspecified atom stereocenters. The number of halogens is 1. The minimum Gasteiger partial charge on any atom is -0.392 e. The van der Waals surface area contributed by atoms with Crippen molar-refractivity contribution >= 4 is 17.3 Å². The van der Waals surface area contributed by atoms with Gasteiger partial charge in [-0.05, 0) is 37.0 Å². The van der Waals surface area contributed by atoms with Crippen LogP contribution < -0.4 is 4.90 Å². The summed E-state index contributed by atoms with van der Waals surface area (Å²) in [5, 5.41) is 9.80. The van der Waals surface area contributed by atoms with E-state index < -0.39 is 0 Å². The van der Waals surface area contributed by atoms with E-state index in [-0.39, 0.29) is 6.61 Å². The Morgan fingerprint density at radius 1 is 1.44 bits per heavy atom. The zero-order valence-corrected chi connectivity index (χ0v) is 10.4. The number of aliphatic hydroxyl groups excluding tert-OH is 1. The predicted molar refractivity (Wildman–Crippen MR) is 68.0 cm³/mol. The van der Waals surface area contributed by atoms with Crippen LogP contribution in [0.15, 0.2) is 18.2 Å². The SMILES string of the molecule is CCCN(c1ccc(CO)cc1Cl)C1CC1. The summed E-state index contributed by atoms with van der Waals surface area (Å²) in [6, 6.07) is 6.52. The van der Waals surface area contributed by atoms with Gasteiger partial charge in [0.05, 0.1) is 17.3 Å². The minimum absolute atomic E-state index is 0.0528. The van der Waals surface area contributed by atoms with Crippen LogP contribution in [0.2, 0.25) is 5.02 Å². The molecule has 0 saturated heterocycles. The number of aliphatic hydroxyl groups is 1. The van der Waals surface area contributed by atoms with E-state index in [9.17, 15) is 0 Å². The second-order valence-electron chi connectivity index (χ2n) is 4.37. The fraction of sp³-hybridized carbons (Fsp3) is 0.538. The largest absolute Gasteiger partial charge is 0.392 e. The quantitative estimate of drug-likeness (QED) is 0.853. The molecular weight excluding hydrogens is 222 g/mol. The Balaban J connectivity index is 2.22. The van der Waals surface area contributed by atoms with E-state index in [1.807, 2.05) is 18.2 Å². The molecule has 1 saturated carbocycles. The smallest absolute Gasteiger partial charge is 0.0682 e. The Kier molecular flexibility index (Phi) is 3.72. The van der Waals surface area contributed by atoms with Crippen molar-refractivity contribution in [2.75, 3.05) is 11.4 Å². The van der Waals surface area contributed by atoms with Gasteiger partial charge in [0.25, 0.3) is 0 Å². The van der Waals surface area contributed by atoms with Crippen molar-refractivity contribution in [3.8, 4) is 0 Å². The lowest BCUT2D eigenvalue weighted by Crippen LogP contribution is -2.26. The molecule has 0 radical (unpaired) electrons. The predicted octanol–water partition coefficient (Wildman–Crippen LogP) is 3.21. The van der Waals surface area contributed by atoms with Gasteiger partial charge in [0, 0.05) is 12.6 Å². The lowest BCUT2D eigenvalue weighted by molar-refractivity contribution is 0.282. The fourth-order valence-corrected chi connectivity index (χ4v) is 2.32. The molecule has 0 aromatic heterocycles. The summed E-state index contributed by atoms with van der Waals surface area (Å²) in [6.07, 6.45) is 3.69. The summed E-state index contributed by atoms with van der Waals surface area (Å²) in [5.41, 5.74) is 1.99. The van der Waals surface area contributed by atoms with Gasteiger partial charge < -0.3 is 10.0 Å². The molecule has 2 nitrogen and oxygen atoms in total. The first kappa shape index (κ1) is 11.7. The summed E-state index contributed by atoms with van der Waals surface area (Å²) in [7, 11) is 0. The summed E-state index contributed by atoms with van der Waals surface area (Å²) in [6.45, 7) is 3.30. The number of nitrogens with zero attached hydrogens (tertiary/aromatic N) is 1. The summed E-state index contributed by atoms with van der Waals surface area (Å²) in [4.78, 5) is 2.39. The van der Waals surface area contributed by atoms with E-state index in [1.165, 1.54) is 12.8 Å². The average Bonchev–Trinajstić information content (AvgIpc) is 3.10. The van der Waals surface area contributed by atoms with Crippen molar-refractivity contribution < 1.29 is 5.11 Å². The number of rotatable bonds is 5. The zero-order chi connectivity index (χ0) is 11.5. The lowest BCUT2D eigenvalue weighted by atomic mass is 10.2. The lowest BCUT2D eigenvalue weighted by Gasteiger charge is -2.25.